The van der Waals surface area contributed by atoms with Crippen molar-refractivity contribution in [1.82, 2.24) is 34.5 Å². The Morgan fingerprint density at radius 1 is 1.26 bits per heavy atom. The molecule has 1 amide bonds. The quantitative estimate of drug-likeness (QED) is 0.315. The second-order valence-electron chi connectivity index (χ2n) is 10.2. The maximum atomic E-state index is 13.2. The summed E-state index contributed by atoms with van der Waals surface area (Å²) < 4.78 is 7.31. The number of carbonyl (C=O) groups excluding carboxylic acids is 1. The van der Waals surface area contributed by atoms with Crippen molar-refractivity contribution in [3.8, 4) is 17.1 Å². The van der Waals surface area contributed by atoms with Crippen LogP contribution in [0, 0.1) is 6.92 Å². The third kappa shape index (κ3) is 5.45. The number of nitrogens with zero attached hydrogens (tertiary/aromatic N) is 6. The van der Waals surface area contributed by atoms with Gasteiger partial charge in [0, 0.05) is 56.1 Å². The van der Waals surface area contributed by atoms with Crippen LogP contribution in [-0.4, -0.2) is 85.8 Å². The Balaban J connectivity index is 1.39. The lowest BCUT2D eigenvalue weighted by Gasteiger charge is -2.40. The third-order valence-corrected chi connectivity index (χ3v) is 7.44. The van der Waals surface area contributed by atoms with Crippen molar-refractivity contribution in [2.45, 2.75) is 39.8 Å². The van der Waals surface area contributed by atoms with Crippen molar-refractivity contribution in [2.75, 3.05) is 43.9 Å². The highest BCUT2D eigenvalue weighted by Crippen LogP contribution is 2.34. The van der Waals surface area contributed by atoms with Crippen LogP contribution in [0.5, 0.6) is 5.88 Å². The number of aromatic amines is 1. The van der Waals surface area contributed by atoms with Crippen molar-refractivity contribution in [2.24, 2.45) is 7.05 Å². The Morgan fingerprint density at radius 3 is 2.85 bits per heavy atom. The SMILES string of the molecule is CCOc1nn(C)cc1Nc1ncc(C)c(-c2c[nH]c3c(NC(=O)C(C)N4CCN(C)[C@@H](C)C4)cccc23)n1. The average Bonchev–Trinajstić information content (AvgIpc) is 3.50. The number of aryl methyl sites for hydroxylation is 2. The zero-order valence-corrected chi connectivity index (χ0v) is 23.4. The predicted molar refractivity (Wildman–Crippen MR) is 153 cm³/mol. The normalized spacial score (nSPS) is 17.3. The number of amides is 1. The molecule has 4 heterocycles. The number of para-hydroxylation sites is 1. The van der Waals surface area contributed by atoms with Crippen LogP contribution in [-0.2, 0) is 11.8 Å². The van der Waals surface area contributed by atoms with E-state index in [-0.39, 0.29) is 11.9 Å². The standard InChI is InChI=1S/C28H37N9O2/c1-7-39-27-23(16-36(6)34-27)32-28-30-13-17(2)24(33-28)21-14-29-25-20(21)9-8-10-22(25)31-26(38)19(4)37-12-11-35(5)18(3)15-37/h8-10,13-14,16,18-19,29H,7,11-12,15H2,1-6H3,(H,31,38)(H,30,32,33)/t18-,19?/m0/s1. The van der Waals surface area contributed by atoms with E-state index in [1.165, 1.54) is 0 Å². The Morgan fingerprint density at radius 2 is 2.08 bits per heavy atom. The number of fused-ring (bicyclic) bond motifs is 1. The molecule has 1 aromatic carbocycles. The topological polar surface area (TPSA) is 116 Å². The number of ether oxygens (including phenoxy) is 1. The number of hydrogen-bond donors (Lipinski definition) is 3. The van der Waals surface area contributed by atoms with Crippen LogP contribution in [0.15, 0.2) is 36.8 Å². The first-order valence-corrected chi connectivity index (χ1v) is 13.4. The fourth-order valence-electron chi connectivity index (χ4n) is 4.98. The second-order valence-corrected chi connectivity index (χ2v) is 10.2. The van der Waals surface area contributed by atoms with E-state index in [0.29, 0.717) is 30.2 Å². The second kappa shape index (κ2) is 11.0. The lowest BCUT2D eigenvalue weighted by Crippen LogP contribution is -2.55. The van der Waals surface area contributed by atoms with Crippen molar-refractivity contribution in [1.29, 1.82) is 0 Å². The number of hydrogen-bond acceptors (Lipinski definition) is 8. The van der Waals surface area contributed by atoms with Gasteiger partial charge in [-0.2, -0.15) is 0 Å². The fourth-order valence-corrected chi connectivity index (χ4v) is 4.98. The molecule has 39 heavy (non-hydrogen) atoms. The molecule has 206 valence electrons. The van der Waals surface area contributed by atoms with Gasteiger partial charge in [0.05, 0.1) is 35.7 Å². The smallest absolute Gasteiger partial charge is 0.256 e. The van der Waals surface area contributed by atoms with Crippen LogP contribution in [0.3, 0.4) is 0 Å². The van der Waals surface area contributed by atoms with Crippen molar-refractivity contribution in [3.63, 3.8) is 0 Å². The van der Waals surface area contributed by atoms with Crippen LogP contribution >= 0.6 is 0 Å². The molecule has 4 aromatic rings. The summed E-state index contributed by atoms with van der Waals surface area (Å²) in [6, 6.07) is 6.11. The Bertz CT molecular complexity index is 1480. The van der Waals surface area contributed by atoms with Crippen LogP contribution in [0.25, 0.3) is 22.2 Å². The van der Waals surface area contributed by atoms with Crippen LogP contribution in [0.2, 0.25) is 0 Å². The highest BCUT2D eigenvalue weighted by molar-refractivity contribution is 6.06. The van der Waals surface area contributed by atoms with Gasteiger partial charge in [-0.1, -0.05) is 12.1 Å². The van der Waals surface area contributed by atoms with Crippen molar-refractivity contribution < 1.29 is 9.53 Å². The molecule has 2 atom stereocenters. The molecule has 1 unspecified atom stereocenters. The first-order chi connectivity index (χ1) is 18.7. The summed E-state index contributed by atoms with van der Waals surface area (Å²) in [6.07, 6.45) is 5.56. The van der Waals surface area contributed by atoms with Gasteiger partial charge in [0.15, 0.2) is 0 Å². The lowest BCUT2D eigenvalue weighted by atomic mass is 10.1. The highest BCUT2D eigenvalue weighted by Gasteiger charge is 2.28. The molecule has 3 aromatic heterocycles. The lowest BCUT2D eigenvalue weighted by molar-refractivity contribution is -0.121. The molecule has 3 N–H and O–H groups in total. The molecule has 1 saturated heterocycles. The number of piperazine rings is 1. The third-order valence-electron chi connectivity index (χ3n) is 7.44. The zero-order valence-electron chi connectivity index (χ0n) is 23.4. The molecule has 11 heteroatoms. The summed E-state index contributed by atoms with van der Waals surface area (Å²) in [4.78, 5) is 30.5. The van der Waals surface area contributed by atoms with Gasteiger partial charge < -0.3 is 25.3 Å². The summed E-state index contributed by atoms with van der Waals surface area (Å²) in [7, 11) is 3.97. The summed E-state index contributed by atoms with van der Waals surface area (Å²) >= 11 is 0. The van der Waals surface area contributed by atoms with Gasteiger partial charge in [-0.25, -0.2) is 9.97 Å². The molecule has 0 aliphatic carbocycles. The van der Waals surface area contributed by atoms with Crippen LogP contribution < -0.4 is 15.4 Å². The van der Waals surface area contributed by atoms with Crippen molar-refractivity contribution >= 4 is 34.1 Å². The van der Waals surface area contributed by atoms with E-state index in [1.807, 2.05) is 58.4 Å². The van der Waals surface area contributed by atoms with Gasteiger partial charge in [0.1, 0.15) is 5.69 Å². The summed E-state index contributed by atoms with van der Waals surface area (Å²) in [5.41, 5.74) is 4.97. The van der Waals surface area contributed by atoms with E-state index >= 15 is 0 Å². The minimum absolute atomic E-state index is 0.0123. The van der Waals surface area contributed by atoms with Crippen LogP contribution in [0.4, 0.5) is 17.3 Å². The van der Waals surface area contributed by atoms with E-state index in [9.17, 15) is 4.79 Å². The van der Waals surface area contributed by atoms with E-state index in [0.717, 1.165) is 53.0 Å². The van der Waals surface area contributed by atoms with Gasteiger partial charge in [0.2, 0.25) is 11.9 Å². The molecular weight excluding hydrogens is 494 g/mol. The Hall–Kier alpha value is -3.96. The first-order valence-electron chi connectivity index (χ1n) is 13.4. The van der Waals surface area contributed by atoms with Gasteiger partial charge in [-0.15, -0.1) is 5.10 Å². The summed E-state index contributed by atoms with van der Waals surface area (Å²) in [5.74, 6) is 0.929. The molecule has 0 spiro atoms. The molecule has 11 nitrogen and oxygen atoms in total. The molecule has 1 fully saturated rings. The van der Waals surface area contributed by atoms with E-state index < -0.39 is 0 Å². The first kappa shape index (κ1) is 26.6. The highest BCUT2D eigenvalue weighted by atomic mass is 16.5. The van der Waals surface area contributed by atoms with Gasteiger partial charge in [-0.3, -0.25) is 14.4 Å². The zero-order chi connectivity index (χ0) is 27.7. The summed E-state index contributed by atoms with van der Waals surface area (Å²) in [6.45, 7) is 11.3. The van der Waals surface area contributed by atoms with Gasteiger partial charge >= 0.3 is 0 Å². The number of carbonyl (C=O) groups is 1. The number of nitrogens with one attached hydrogen (secondary N) is 3. The van der Waals surface area contributed by atoms with E-state index in [2.05, 4.69) is 49.5 Å². The van der Waals surface area contributed by atoms with Gasteiger partial charge in [0.25, 0.3) is 5.88 Å². The Kier molecular flexibility index (Phi) is 7.53. The fraction of sp³-hybridized carbons (Fsp3) is 0.429. The molecule has 1 aliphatic rings. The van der Waals surface area contributed by atoms with Crippen molar-refractivity contribution in [3.05, 3.63) is 42.4 Å². The van der Waals surface area contributed by atoms with E-state index in [4.69, 9.17) is 9.72 Å². The largest absolute Gasteiger partial charge is 0.475 e. The number of aromatic nitrogens is 5. The van der Waals surface area contributed by atoms with E-state index in [1.54, 1.807) is 10.9 Å². The number of H-pyrrole nitrogens is 1. The minimum Gasteiger partial charge on any atom is -0.475 e. The summed E-state index contributed by atoms with van der Waals surface area (Å²) in [5, 5.41) is 11.7. The molecule has 0 saturated carbocycles. The average molecular weight is 532 g/mol. The predicted octanol–water partition coefficient (Wildman–Crippen LogP) is 3.77. The number of likely N-dealkylation sites (N-methyl/N-ethyl adjacent to an activating group) is 1. The minimum atomic E-state index is -0.224. The molecule has 5 rings (SSSR count). The Labute approximate surface area is 228 Å². The number of anilines is 3. The van der Waals surface area contributed by atoms with Gasteiger partial charge in [-0.05, 0) is 46.4 Å². The monoisotopic (exact) mass is 531 g/mol. The number of benzene rings is 1. The number of rotatable bonds is 8. The maximum absolute atomic E-state index is 13.2. The molecule has 0 bridgehead atoms. The molecule has 0 radical (unpaired) electrons. The molecule has 1 aliphatic heterocycles. The van der Waals surface area contributed by atoms with Crippen LogP contribution in [0.1, 0.15) is 26.3 Å². The maximum Gasteiger partial charge on any atom is 0.256 e. The molecular formula is C28H37N9O2.